The number of carbonyl (C=O) groups is 1. The topological polar surface area (TPSA) is 38.3 Å². The van der Waals surface area contributed by atoms with E-state index in [9.17, 15) is 4.79 Å². The number of nitrogens with one attached hydrogen (secondary N) is 1. The van der Waals surface area contributed by atoms with Crippen LogP contribution in [0.4, 0.5) is 0 Å². The van der Waals surface area contributed by atoms with Crippen molar-refractivity contribution in [2.24, 2.45) is 0 Å². The van der Waals surface area contributed by atoms with Gasteiger partial charge in [0.05, 0.1) is 0 Å². The van der Waals surface area contributed by atoms with Crippen molar-refractivity contribution in [3.05, 3.63) is 28.3 Å². The van der Waals surface area contributed by atoms with Crippen LogP contribution in [0.2, 0.25) is 5.02 Å². The van der Waals surface area contributed by atoms with E-state index < -0.39 is 6.10 Å². The van der Waals surface area contributed by atoms with E-state index in [2.05, 4.69) is 5.32 Å². The molecule has 0 aliphatic rings. The SMILES string of the molecule is Cc1cc(O[C@@H](C)C(=O)NC(C)(C)C)cc(C)c1Cl. The third kappa shape index (κ3) is 4.75. The predicted molar refractivity (Wildman–Crippen MR) is 78.9 cm³/mol. The summed E-state index contributed by atoms with van der Waals surface area (Å²) >= 11 is 6.10. The summed E-state index contributed by atoms with van der Waals surface area (Å²) in [6.45, 7) is 11.4. The summed E-state index contributed by atoms with van der Waals surface area (Å²) in [7, 11) is 0. The van der Waals surface area contributed by atoms with Crippen LogP contribution < -0.4 is 10.1 Å². The fourth-order valence-electron chi connectivity index (χ4n) is 1.70. The Morgan fingerprint density at radius 1 is 1.26 bits per heavy atom. The van der Waals surface area contributed by atoms with E-state index in [1.54, 1.807) is 6.92 Å². The minimum atomic E-state index is -0.542. The Morgan fingerprint density at radius 2 is 1.74 bits per heavy atom. The lowest BCUT2D eigenvalue weighted by atomic mass is 10.1. The summed E-state index contributed by atoms with van der Waals surface area (Å²) in [5.74, 6) is 0.536. The number of benzene rings is 1. The summed E-state index contributed by atoms with van der Waals surface area (Å²) in [6.07, 6.45) is -0.542. The Bertz CT molecular complexity index is 455. The number of hydrogen-bond acceptors (Lipinski definition) is 2. The van der Waals surface area contributed by atoms with Crippen LogP contribution in [0.15, 0.2) is 12.1 Å². The van der Waals surface area contributed by atoms with Gasteiger partial charge < -0.3 is 10.1 Å². The lowest BCUT2D eigenvalue weighted by molar-refractivity contribution is -0.128. The molecule has 1 aromatic rings. The van der Waals surface area contributed by atoms with Crippen molar-refractivity contribution in [3.8, 4) is 5.75 Å². The molecular formula is C15H22ClNO2. The first-order valence-electron chi connectivity index (χ1n) is 6.35. The highest BCUT2D eigenvalue weighted by molar-refractivity contribution is 6.32. The zero-order chi connectivity index (χ0) is 14.8. The van der Waals surface area contributed by atoms with Gasteiger partial charge in [0.25, 0.3) is 5.91 Å². The van der Waals surface area contributed by atoms with E-state index in [0.29, 0.717) is 5.75 Å². The lowest BCUT2D eigenvalue weighted by Crippen LogP contribution is -2.46. The summed E-state index contributed by atoms with van der Waals surface area (Å²) in [6, 6.07) is 3.69. The fraction of sp³-hybridized carbons (Fsp3) is 0.533. The molecule has 4 heteroatoms. The van der Waals surface area contributed by atoms with Crippen molar-refractivity contribution in [3.63, 3.8) is 0 Å². The standard InChI is InChI=1S/C15H22ClNO2/c1-9-7-12(8-10(2)13(9)16)19-11(3)14(18)17-15(4,5)6/h7-8,11H,1-6H3,(H,17,18)/t11-/m0/s1. The van der Waals surface area contributed by atoms with Gasteiger partial charge in [0.1, 0.15) is 5.75 Å². The van der Waals surface area contributed by atoms with Gasteiger partial charge in [0.15, 0.2) is 6.10 Å². The van der Waals surface area contributed by atoms with E-state index in [1.807, 2.05) is 46.8 Å². The van der Waals surface area contributed by atoms with Crippen LogP contribution in [0, 0.1) is 13.8 Å². The van der Waals surface area contributed by atoms with Crippen molar-refractivity contribution in [2.45, 2.75) is 53.2 Å². The van der Waals surface area contributed by atoms with Crippen LogP contribution in [0.1, 0.15) is 38.8 Å². The molecule has 0 fully saturated rings. The Hall–Kier alpha value is -1.22. The van der Waals surface area contributed by atoms with Gasteiger partial charge in [0.2, 0.25) is 0 Å². The molecule has 1 rings (SSSR count). The van der Waals surface area contributed by atoms with Crippen molar-refractivity contribution in [1.29, 1.82) is 0 Å². The van der Waals surface area contributed by atoms with Crippen LogP contribution in [-0.4, -0.2) is 17.6 Å². The van der Waals surface area contributed by atoms with Gasteiger partial charge in [-0.3, -0.25) is 4.79 Å². The van der Waals surface area contributed by atoms with Gasteiger partial charge in [-0.05, 0) is 64.8 Å². The van der Waals surface area contributed by atoms with Gasteiger partial charge in [0, 0.05) is 10.6 Å². The predicted octanol–water partition coefficient (Wildman–Crippen LogP) is 3.64. The third-order valence-corrected chi connectivity index (χ3v) is 3.19. The Labute approximate surface area is 120 Å². The first-order valence-corrected chi connectivity index (χ1v) is 6.73. The number of hydrogen-bond donors (Lipinski definition) is 1. The minimum Gasteiger partial charge on any atom is -0.481 e. The maximum atomic E-state index is 11.9. The monoisotopic (exact) mass is 283 g/mol. The van der Waals surface area contributed by atoms with Gasteiger partial charge in [-0.25, -0.2) is 0 Å². The molecule has 1 amide bonds. The zero-order valence-electron chi connectivity index (χ0n) is 12.4. The third-order valence-electron chi connectivity index (χ3n) is 2.59. The lowest BCUT2D eigenvalue weighted by Gasteiger charge is -2.24. The van der Waals surface area contributed by atoms with Gasteiger partial charge in [-0.1, -0.05) is 11.6 Å². The second-order valence-corrected chi connectivity index (χ2v) is 6.25. The highest BCUT2D eigenvalue weighted by atomic mass is 35.5. The van der Waals surface area contributed by atoms with Crippen LogP contribution in [0.5, 0.6) is 5.75 Å². The molecule has 19 heavy (non-hydrogen) atoms. The number of ether oxygens (including phenoxy) is 1. The van der Waals surface area contributed by atoms with Gasteiger partial charge >= 0.3 is 0 Å². The average Bonchev–Trinajstić information content (AvgIpc) is 2.23. The van der Waals surface area contributed by atoms with E-state index in [0.717, 1.165) is 16.1 Å². The number of aryl methyl sites for hydroxylation is 2. The average molecular weight is 284 g/mol. The first kappa shape index (κ1) is 15.8. The summed E-state index contributed by atoms with van der Waals surface area (Å²) in [5.41, 5.74) is 1.63. The zero-order valence-corrected chi connectivity index (χ0v) is 13.2. The molecule has 106 valence electrons. The number of amides is 1. The normalized spacial score (nSPS) is 13.0. The van der Waals surface area contributed by atoms with Crippen molar-refractivity contribution in [2.75, 3.05) is 0 Å². The van der Waals surface area contributed by atoms with Crippen molar-refractivity contribution >= 4 is 17.5 Å². The molecule has 0 aromatic heterocycles. The first-order chi connectivity index (χ1) is 8.60. The summed E-state index contributed by atoms with van der Waals surface area (Å²) in [4.78, 5) is 11.9. The maximum absolute atomic E-state index is 11.9. The van der Waals surface area contributed by atoms with Gasteiger partial charge in [-0.15, -0.1) is 0 Å². The molecule has 1 atom stereocenters. The fourth-order valence-corrected chi connectivity index (χ4v) is 1.81. The molecular weight excluding hydrogens is 262 g/mol. The molecule has 0 spiro atoms. The Morgan fingerprint density at radius 3 is 2.16 bits per heavy atom. The highest BCUT2D eigenvalue weighted by Crippen LogP contribution is 2.26. The van der Waals surface area contributed by atoms with Crippen molar-refractivity contribution < 1.29 is 9.53 Å². The van der Waals surface area contributed by atoms with Crippen LogP contribution in [0.3, 0.4) is 0 Å². The van der Waals surface area contributed by atoms with E-state index in [1.165, 1.54) is 0 Å². The number of rotatable bonds is 3. The highest BCUT2D eigenvalue weighted by Gasteiger charge is 2.20. The second kappa shape index (κ2) is 5.83. The quantitative estimate of drug-likeness (QED) is 0.920. The number of halogens is 1. The maximum Gasteiger partial charge on any atom is 0.261 e. The molecule has 0 aliphatic heterocycles. The second-order valence-electron chi connectivity index (χ2n) is 5.87. The summed E-state index contributed by atoms with van der Waals surface area (Å²) < 4.78 is 5.67. The molecule has 0 saturated heterocycles. The van der Waals surface area contributed by atoms with Gasteiger partial charge in [-0.2, -0.15) is 0 Å². The largest absolute Gasteiger partial charge is 0.481 e. The molecule has 0 unspecified atom stereocenters. The molecule has 1 N–H and O–H groups in total. The molecule has 0 radical (unpaired) electrons. The van der Waals surface area contributed by atoms with Crippen molar-refractivity contribution in [1.82, 2.24) is 5.32 Å². The number of carbonyl (C=O) groups excluding carboxylic acids is 1. The molecule has 0 heterocycles. The Balaban J connectivity index is 2.77. The molecule has 0 saturated carbocycles. The van der Waals surface area contributed by atoms with Crippen LogP contribution in [-0.2, 0) is 4.79 Å². The minimum absolute atomic E-state index is 0.127. The van der Waals surface area contributed by atoms with E-state index >= 15 is 0 Å². The Kier molecular flexibility index (Phi) is 4.86. The molecule has 1 aromatic carbocycles. The van der Waals surface area contributed by atoms with E-state index in [4.69, 9.17) is 16.3 Å². The van der Waals surface area contributed by atoms with E-state index in [-0.39, 0.29) is 11.4 Å². The van der Waals surface area contributed by atoms with Crippen LogP contribution >= 0.6 is 11.6 Å². The molecule has 0 bridgehead atoms. The molecule has 3 nitrogen and oxygen atoms in total. The smallest absolute Gasteiger partial charge is 0.261 e. The summed E-state index contributed by atoms with van der Waals surface area (Å²) in [5, 5.41) is 3.63. The molecule has 0 aliphatic carbocycles. The van der Waals surface area contributed by atoms with Crippen LogP contribution in [0.25, 0.3) is 0 Å².